The number of rotatable bonds is 4. The van der Waals surface area contributed by atoms with Crippen molar-refractivity contribution >= 4 is 33.2 Å². The van der Waals surface area contributed by atoms with Gasteiger partial charge in [0.05, 0.1) is 23.6 Å². The maximum absolute atomic E-state index is 13.7. The summed E-state index contributed by atoms with van der Waals surface area (Å²) in [6, 6.07) is 17.3. The third-order valence-corrected chi connectivity index (χ3v) is 7.26. The second kappa shape index (κ2) is 8.30. The normalized spacial score (nSPS) is 13.2. The Labute approximate surface area is 189 Å². The lowest BCUT2D eigenvalue weighted by Crippen LogP contribution is -2.26. The zero-order valence-corrected chi connectivity index (χ0v) is 18.5. The zero-order chi connectivity index (χ0) is 21.4. The number of fused-ring (bicyclic) bond motifs is 3. The first-order valence-electron chi connectivity index (χ1n) is 10.4. The molecule has 0 unspecified atom stereocenters. The summed E-state index contributed by atoms with van der Waals surface area (Å²) in [7, 11) is 0. The molecule has 0 fully saturated rings. The van der Waals surface area contributed by atoms with E-state index in [4.69, 9.17) is 16.6 Å². The molecule has 2 aromatic heterocycles. The second-order valence-corrected chi connectivity index (χ2v) is 9.45. The first-order valence-corrected chi connectivity index (χ1v) is 11.6. The van der Waals surface area contributed by atoms with Gasteiger partial charge in [0.1, 0.15) is 10.7 Å². The molecule has 0 saturated heterocycles. The van der Waals surface area contributed by atoms with Gasteiger partial charge in [-0.25, -0.2) is 4.98 Å². The predicted octanol–water partition coefficient (Wildman–Crippen LogP) is 5.50. The fraction of sp³-hybridized carbons (Fsp3) is 0.240. The van der Waals surface area contributed by atoms with Crippen LogP contribution in [-0.4, -0.2) is 9.55 Å². The summed E-state index contributed by atoms with van der Waals surface area (Å²) in [5.74, 6) is 0.737. The van der Waals surface area contributed by atoms with Crippen LogP contribution in [0.2, 0.25) is 5.02 Å². The molecular weight excluding hydrogens is 426 g/mol. The van der Waals surface area contributed by atoms with Gasteiger partial charge in [0.15, 0.2) is 0 Å². The molecule has 6 heteroatoms. The average molecular weight is 446 g/mol. The van der Waals surface area contributed by atoms with Gasteiger partial charge < -0.3 is 0 Å². The average Bonchev–Trinajstić information content (AvgIpc) is 3.16. The Hall–Kier alpha value is -2.94. The molecule has 0 atom stereocenters. The van der Waals surface area contributed by atoms with Crippen molar-refractivity contribution in [3.05, 3.63) is 96.9 Å². The summed E-state index contributed by atoms with van der Waals surface area (Å²) in [4.78, 5) is 20.9. The quantitative estimate of drug-likeness (QED) is 0.416. The van der Waals surface area contributed by atoms with E-state index < -0.39 is 0 Å². The maximum atomic E-state index is 13.7. The molecule has 0 aliphatic heterocycles. The first kappa shape index (κ1) is 20.0. The van der Waals surface area contributed by atoms with Crippen LogP contribution in [0.5, 0.6) is 0 Å². The van der Waals surface area contributed by atoms with Crippen LogP contribution in [-0.2, 0) is 25.8 Å². The standard InChI is InChI=1S/C25H20ClN3OS/c26-19-10-8-16(9-11-19)13-22-28-24-23(20-6-1-2-7-21(20)31-24)25(30)29(22)15-18-5-3-4-17(12-18)14-27/h3-5,8-12H,1-2,6-7,13,15H2. The van der Waals surface area contributed by atoms with Crippen LogP contribution in [0, 0.1) is 11.3 Å². The Bertz CT molecular complexity index is 1380. The van der Waals surface area contributed by atoms with Gasteiger partial charge in [-0.3, -0.25) is 9.36 Å². The predicted molar refractivity (Wildman–Crippen MR) is 125 cm³/mol. The molecule has 0 saturated carbocycles. The minimum absolute atomic E-state index is 0.0238. The van der Waals surface area contributed by atoms with E-state index in [9.17, 15) is 10.1 Å². The smallest absolute Gasteiger partial charge is 0.262 e. The van der Waals surface area contributed by atoms with Crippen LogP contribution in [0.3, 0.4) is 0 Å². The lowest BCUT2D eigenvalue weighted by atomic mass is 9.97. The minimum Gasteiger partial charge on any atom is -0.291 e. The van der Waals surface area contributed by atoms with E-state index in [-0.39, 0.29) is 5.56 Å². The van der Waals surface area contributed by atoms with Gasteiger partial charge in [0, 0.05) is 16.3 Å². The van der Waals surface area contributed by atoms with E-state index in [2.05, 4.69) is 6.07 Å². The topological polar surface area (TPSA) is 58.7 Å². The molecule has 1 aliphatic carbocycles. The van der Waals surface area contributed by atoms with E-state index in [1.165, 1.54) is 16.9 Å². The van der Waals surface area contributed by atoms with Gasteiger partial charge in [0.25, 0.3) is 5.56 Å². The molecule has 4 nitrogen and oxygen atoms in total. The lowest BCUT2D eigenvalue weighted by Gasteiger charge is -2.14. The molecule has 0 spiro atoms. The van der Waals surface area contributed by atoms with E-state index >= 15 is 0 Å². The Morgan fingerprint density at radius 3 is 2.71 bits per heavy atom. The highest BCUT2D eigenvalue weighted by Gasteiger charge is 2.22. The Kier molecular flexibility index (Phi) is 5.35. The monoisotopic (exact) mass is 445 g/mol. The van der Waals surface area contributed by atoms with E-state index in [1.54, 1.807) is 22.0 Å². The van der Waals surface area contributed by atoms with Crippen LogP contribution in [0.1, 0.15) is 45.8 Å². The van der Waals surface area contributed by atoms with E-state index in [0.717, 1.165) is 46.4 Å². The fourth-order valence-corrected chi connectivity index (χ4v) is 5.68. The highest BCUT2D eigenvalue weighted by atomic mass is 35.5. The first-order chi connectivity index (χ1) is 15.1. The summed E-state index contributed by atoms with van der Waals surface area (Å²) in [5.41, 5.74) is 3.78. The summed E-state index contributed by atoms with van der Waals surface area (Å²) >= 11 is 7.72. The minimum atomic E-state index is 0.0238. The molecule has 0 bridgehead atoms. The molecule has 2 aromatic carbocycles. The molecule has 0 amide bonds. The SMILES string of the molecule is N#Cc1cccc(Cn2c(Cc3ccc(Cl)cc3)nc3sc4c(c3c2=O)CCCC4)c1. The second-order valence-electron chi connectivity index (χ2n) is 7.93. The Morgan fingerprint density at radius 1 is 1.10 bits per heavy atom. The molecule has 0 radical (unpaired) electrons. The molecule has 31 heavy (non-hydrogen) atoms. The number of hydrogen-bond donors (Lipinski definition) is 0. The Balaban J connectivity index is 1.67. The number of aryl methyl sites for hydroxylation is 2. The molecule has 5 rings (SSSR count). The lowest BCUT2D eigenvalue weighted by molar-refractivity contribution is 0.685. The van der Waals surface area contributed by atoms with Crippen molar-refractivity contribution in [3.63, 3.8) is 0 Å². The van der Waals surface area contributed by atoms with Gasteiger partial charge in [0.2, 0.25) is 0 Å². The molecule has 1 aliphatic rings. The molecular formula is C25H20ClN3OS. The number of nitriles is 1. The summed E-state index contributed by atoms with van der Waals surface area (Å²) in [6.45, 7) is 0.394. The number of benzene rings is 2. The third kappa shape index (κ3) is 3.89. The summed E-state index contributed by atoms with van der Waals surface area (Å²) in [5, 5.41) is 10.7. The highest BCUT2D eigenvalue weighted by molar-refractivity contribution is 7.18. The zero-order valence-electron chi connectivity index (χ0n) is 16.9. The van der Waals surface area contributed by atoms with Crippen molar-refractivity contribution < 1.29 is 0 Å². The van der Waals surface area contributed by atoms with Crippen LogP contribution < -0.4 is 5.56 Å². The van der Waals surface area contributed by atoms with Crippen LogP contribution in [0.4, 0.5) is 0 Å². The van der Waals surface area contributed by atoms with Crippen molar-refractivity contribution in [2.45, 2.75) is 38.6 Å². The highest BCUT2D eigenvalue weighted by Crippen LogP contribution is 2.34. The van der Waals surface area contributed by atoms with Gasteiger partial charge in [-0.1, -0.05) is 35.9 Å². The van der Waals surface area contributed by atoms with Crippen molar-refractivity contribution in [2.24, 2.45) is 0 Å². The van der Waals surface area contributed by atoms with Gasteiger partial charge >= 0.3 is 0 Å². The largest absolute Gasteiger partial charge is 0.291 e. The van der Waals surface area contributed by atoms with Crippen LogP contribution >= 0.6 is 22.9 Å². The number of nitrogens with zero attached hydrogens (tertiary/aromatic N) is 3. The van der Waals surface area contributed by atoms with E-state index in [1.807, 2.05) is 42.5 Å². The summed E-state index contributed by atoms with van der Waals surface area (Å²) in [6.07, 6.45) is 4.82. The maximum Gasteiger partial charge on any atom is 0.262 e. The van der Waals surface area contributed by atoms with Crippen LogP contribution in [0.25, 0.3) is 10.2 Å². The number of aromatic nitrogens is 2. The molecule has 2 heterocycles. The third-order valence-electron chi connectivity index (χ3n) is 5.83. The number of hydrogen-bond acceptors (Lipinski definition) is 4. The molecule has 4 aromatic rings. The Morgan fingerprint density at radius 2 is 1.90 bits per heavy atom. The van der Waals surface area contributed by atoms with Crippen molar-refractivity contribution in [1.82, 2.24) is 9.55 Å². The van der Waals surface area contributed by atoms with Crippen molar-refractivity contribution in [1.29, 1.82) is 5.26 Å². The van der Waals surface area contributed by atoms with Gasteiger partial charge in [-0.2, -0.15) is 5.26 Å². The molecule has 0 N–H and O–H groups in total. The summed E-state index contributed by atoms with van der Waals surface area (Å²) < 4.78 is 1.79. The van der Waals surface area contributed by atoms with Crippen LogP contribution in [0.15, 0.2) is 53.3 Å². The van der Waals surface area contributed by atoms with Crippen molar-refractivity contribution in [3.8, 4) is 6.07 Å². The van der Waals surface area contributed by atoms with Gasteiger partial charge in [-0.05, 0) is 66.6 Å². The fourth-order valence-electron chi connectivity index (χ4n) is 4.29. The molecule has 154 valence electrons. The van der Waals surface area contributed by atoms with E-state index in [0.29, 0.717) is 23.6 Å². The van der Waals surface area contributed by atoms with Crippen molar-refractivity contribution in [2.75, 3.05) is 0 Å². The number of thiophene rings is 1. The number of halogens is 1. The van der Waals surface area contributed by atoms with Gasteiger partial charge in [-0.15, -0.1) is 11.3 Å².